The molecule has 1 aliphatic heterocycles. The highest BCUT2D eigenvalue weighted by Gasteiger charge is 2.36. The second kappa shape index (κ2) is 11.7. The van der Waals surface area contributed by atoms with Gasteiger partial charge in [-0.3, -0.25) is 0 Å². The van der Waals surface area contributed by atoms with Crippen molar-refractivity contribution in [3.05, 3.63) is 28.8 Å². The minimum atomic E-state index is -0.0436. The lowest BCUT2D eigenvalue weighted by Crippen LogP contribution is -2.19. The second-order valence-corrected chi connectivity index (χ2v) is 11.9. The van der Waals surface area contributed by atoms with Crippen LogP contribution in [-0.4, -0.2) is 17.3 Å². The molecule has 2 rings (SSSR count). The topological polar surface area (TPSA) is 32.8 Å². The Morgan fingerprint density at radius 2 is 1.29 bits per heavy atom. The number of aromatic hydroxyl groups is 1. The van der Waals surface area contributed by atoms with E-state index in [1.54, 1.807) is 0 Å². The van der Waals surface area contributed by atoms with E-state index in [1.165, 1.54) is 76.2 Å². The van der Waals surface area contributed by atoms with Crippen molar-refractivity contribution in [1.29, 1.82) is 0 Å². The van der Waals surface area contributed by atoms with Crippen molar-refractivity contribution in [1.82, 2.24) is 0 Å². The number of phenols is 1. The fourth-order valence-electron chi connectivity index (χ4n) is 4.93. The quantitative estimate of drug-likeness (QED) is 0.251. The largest absolute Gasteiger partial charge is 0.507 e. The number of hydrogen-bond donors (Lipinski definition) is 1. The molecule has 0 amide bonds. The number of aryl methyl sites for hydroxylation is 1. The zero-order valence-corrected chi connectivity index (χ0v) is 21.7. The van der Waals surface area contributed by atoms with E-state index in [0.29, 0.717) is 18.0 Å². The molecule has 0 aliphatic carbocycles. The molecule has 1 aliphatic rings. The predicted molar refractivity (Wildman–Crippen MR) is 134 cm³/mol. The third-order valence-corrected chi connectivity index (χ3v) is 6.79. The standard InChI is InChI=1S/C29H50O2/c1-8-9-10-15-18-24-25(31-24)19-16-13-11-12-14-17-22-20-21-23(28(2,3)4)27(30)26(22)29(5,6)7/h20-21,24-25,30H,8-19H2,1-7H3. The van der Waals surface area contributed by atoms with Gasteiger partial charge in [-0.15, -0.1) is 0 Å². The first-order valence-electron chi connectivity index (χ1n) is 13.1. The molecule has 31 heavy (non-hydrogen) atoms. The maximum absolute atomic E-state index is 11.1. The van der Waals surface area contributed by atoms with Gasteiger partial charge in [-0.1, -0.05) is 112 Å². The Morgan fingerprint density at radius 1 is 0.742 bits per heavy atom. The van der Waals surface area contributed by atoms with Crippen LogP contribution in [0.4, 0.5) is 0 Å². The van der Waals surface area contributed by atoms with E-state index in [1.807, 2.05) is 0 Å². The van der Waals surface area contributed by atoms with Gasteiger partial charge in [0, 0.05) is 5.56 Å². The van der Waals surface area contributed by atoms with E-state index in [9.17, 15) is 5.11 Å². The van der Waals surface area contributed by atoms with Crippen molar-refractivity contribution in [2.45, 2.75) is 149 Å². The lowest BCUT2D eigenvalue weighted by Gasteiger charge is -2.29. The maximum Gasteiger partial charge on any atom is 0.123 e. The molecule has 2 nitrogen and oxygen atoms in total. The molecule has 1 saturated heterocycles. The third kappa shape index (κ3) is 8.44. The van der Waals surface area contributed by atoms with Crippen LogP contribution >= 0.6 is 0 Å². The summed E-state index contributed by atoms with van der Waals surface area (Å²) in [4.78, 5) is 0. The van der Waals surface area contributed by atoms with Gasteiger partial charge in [0.05, 0.1) is 12.2 Å². The van der Waals surface area contributed by atoms with Crippen LogP contribution in [0, 0.1) is 0 Å². The van der Waals surface area contributed by atoms with Crippen LogP contribution in [0.25, 0.3) is 0 Å². The van der Waals surface area contributed by atoms with Crippen LogP contribution in [0.1, 0.15) is 136 Å². The van der Waals surface area contributed by atoms with Gasteiger partial charge in [0.25, 0.3) is 0 Å². The summed E-state index contributed by atoms with van der Waals surface area (Å²) in [6.45, 7) is 15.5. The smallest absolute Gasteiger partial charge is 0.123 e. The molecule has 2 unspecified atom stereocenters. The van der Waals surface area contributed by atoms with E-state index in [4.69, 9.17) is 4.74 Å². The van der Waals surface area contributed by atoms with Gasteiger partial charge in [0.15, 0.2) is 0 Å². The zero-order chi connectivity index (χ0) is 23.1. The van der Waals surface area contributed by atoms with Gasteiger partial charge in [-0.25, -0.2) is 0 Å². The molecule has 2 atom stereocenters. The molecular weight excluding hydrogens is 380 g/mol. The minimum Gasteiger partial charge on any atom is -0.507 e. The Kier molecular flexibility index (Phi) is 9.93. The SMILES string of the molecule is CCCCCCC1OC1CCCCCCCc1ccc(C(C)(C)C)c(O)c1C(C)(C)C. The molecule has 1 aromatic carbocycles. The van der Waals surface area contributed by atoms with Crippen molar-refractivity contribution in [2.75, 3.05) is 0 Å². The fraction of sp³-hybridized carbons (Fsp3) is 0.793. The van der Waals surface area contributed by atoms with Crippen molar-refractivity contribution in [3.63, 3.8) is 0 Å². The molecule has 0 spiro atoms. The second-order valence-electron chi connectivity index (χ2n) is 11.9. The van der Waals surface area contributed by atoms with Crippen LogP contribution in [0.5, 0.6) is 5.75 Å². The molecule has 1 aromatic rings. The average Bonchev–Trinajstić information content (AvgIpc) is 3.40. The van der Waals surface area contributed by atoms with Crippen molar-refractivity contribution < 1.29 is 9.84 Å². The zero-order valence-electron chi connectivity index (χ0n) is 21.7. The summed E-state index contributed by atoms with van der Waals surface area (Å²) in [5, 5.41) is 11.1. The number of unbranched alkanes of at least 4 members (excludes halogenated alkanes) is 7. The predicted octanol–water partition coefficient (Wildman–Crippen LogP) is 8.61. The first-order chi connectivity index (χ1) is 14.6. The number of phenolic OH excluding ortho intramolecular Hbond substituents is 1. The molecule has 0 bridgehead atoms. The maximum atomic E-state index is 11.1. The Bertz CT molecular complexity index is 663. The number of hydrogen-bond acceptors (Lipinski definition) is 2. The van der Waals surface area contributed by atoms with E-state index >= 15 is 0 Å². The summed E-state index contributed by atoms with van der Waals surface area (Å²) in [5.74, 6) is 0.520. The van der Waals surface area contributed by atoms with E-state index < -0.39 is 0 Å². The molecule has 178 valence electrons. The van der Waals surface area contributed by atoms with Crippen LogP contribution in [0.2, 0.25) is 0 Å². The number of epoxide rings is 1. The molecular formula is C29H50O2. The summed E-state index contributed by atoms with van der Waals surface area (Å²) in [6, 6.07) is 4.42. The normalized spacial score (nSPS) is 19.1. The first-order valence-corrected chi connectivity index (χ1v) is 13.1. The van der Waals surface area contributed by atoms with Gasteiger partial charge in [-0.2, -0.15) is 0 Å². The number of rotatable bonds is 13. The summed E-state index contributed by atoms with van der Waals surface area (Å²) < 4.78 is 5.85. The fourth-order valence-corrected chi connectivity index (χ4v) is 4.93. The first kappa shape index (κ1) is 26.2. The number of ether oxygens (including phenoxy) is 1. The summed E-state index contributed by atoms with van der Waals surface area (Å²) in [6.07, 6.45) is 16.6. The Hall–Kier alpha value is -1.02. The highest BCUT2D eigenvalue weighted by Crippen LogP contribution is 2.41. The highest BCUT2D eigenvalue weighted by atomic mass is 16.6. The van der Waals surface area contributed by atoms with E-state index in [2.05, 4.69) is 60.6 Å². The molecule has 1 fully saturated rings. The number of benzene rings is 1. The van der Waals surface area contributed by atoms with E-state index in [-0.39, 0.29) is 10.8 Å². The third-order valence-electron chi connectivity index (χ3n) is 6.79. The van der Waals surface area contributed by atoms with Crippen LogP contribution in [0.15, 0.2) is 12.1 Å². The molecule has 0 saturated carbocycles. The lowest BCUT2D eigenvalue weighted by atomic mass is 9.76. The average molecular weight is 431 g/mol. The summed E-state index contributed by atoms with van der Waals surface area (Å²) >= 11 is 0. The summed E-state index contributed by atoms with van der Waals surface area (Å²) in [7, 11) is 0. The van der Waals surface area contributed by atoms with Gasteiger partial charge >= 0.3 is 0 Å². The van der Waals surface area contributed by atoms with Crippen molar-refractivity contribution >= 4 is 0 Å². The van der Waals surface area contributed by atoms with Crippen LogP contribution in [0.3, 0.4) is 0 Å². The van der Waals surface area contributed by atoms with Gasteiger partial charge < -0.3 is 9.84 Å². The van der Waals surface area contributed by atoms with E-state index in [0.717, 1.165) is 17.5 Å². The van der Waals surface area contributed by atoms with Crippen molar-refractivity contribution in [3.8, 4) is 5.75 Å². The molecule has 0 radical (unpaired) electrons. The molecule has 0 aromatic heterocycles. The van der Waals surface area contributed by atoms with Gasteiger partial charge in [0.2, 0.25) is 0 Å². The highest BCUT2D eigenvalue weighted by molar-refractivity contribution is 5.51. The minimum absolute atomic E-state index is 0.0393. The molecule has 1 heterocycles. The van der Waals surface area contributed by atoms with Crippen LogP contribution in [-0.2, 0) is 22.0 Å². The Balaban J connectivity index is 1.69. The Labute approximate surface area is 193 Å². The van der Waals surface area contributed by atoms with Gasteiger partial charge in [0.1, 0.15) is 5.75 Å². The Morgan fingerprint density at radius 3 is 1.84 bits per heavy atom. The van der Waals surface area contributed by atoms with Crippen molar-refractivity contribution in [2.24, 2.45) is 0 Å². The monoisotopic (exact) mass is 430 g/mol. The lowest BCUT2D eigenvalue weighted by molar-refractivity contribution is 0.348. The summed E-state index contributed by atoms with van der Waals surface area (Å²) in [5.41, 5.74) is 3.46. The van der Waals surface area contributed by atoms with Crippen LogP contribution < -0.4 is 0 Å². The van der Waals surface area contributed by atoms with Gasteiger partial charge in [-0.05, 0) is 47.6 Å². The molecule has 1 N–H and O–H groups in total. The molecule has 2 heteroatoms.